The summed E-state index contributed by atoms with van der Waals surface area (Å²) in [6, 6.07) is 37.5. The van der Waals surface area contributed by atoms with E-state index in [9.17, 15) is 0 Å². The summed E-state index contributed by atoms with van der Waals surface area (Å²) < 4.78 is 0. The highest BCUT2D eigenvalue weighted by molar-refractivity contribution is 5.94. The average Bonchev–Trinajstić information content (AvgIpc) is 3.40. The highest BCUT2D eigenvalue weighted by atomic mass is 15.2. The van der Waals surface area contributed by atoms with Crippen LogP contribution in [0.25, 0.3) is 44.9 Å². The lowest BCUT2D eigenvalue weighted by Crippen LogP contribution is -2.29. The van der Waals surface area contributed by atoms with Gasteiger partial charge >= 0.3 is 0 Å². The Morgan fingerprint density at radius 1 is 0.537 bits per heavy atom. The number of benzene rings is 4. The number of fused-ring (bicyclic) bond motifs is 5. The molecule has 4 aromatic carbocycles. The van der Waals surface area contributed by atoms with Crippen LogP contribution in [-0.4, -0.2) is 26.0 Å². The van der Waals surface area contributed by atoms with Gasteiger partial charge in [0.1, 0.15) is 5.82 Å². The Labute approximate surface area is 238 Å². The van der Waals surface area contributed by atoms with Gasteiger partial charge in [0.2, 0.25) is 0 Å². The van der Waals surface area contributed by atoms with Crippen molar-refractivity contribution >= 4 is 22.3 Å². The van der Waals surface area contributed by atoms with E-state index in [1.165, 1.54) is 22.0 Å². The summed E-state index contributed by atoms with van der Waals surface area (Å²) in [5.41, 5.74) is 5.30. The Bertz CT molecular complexity index is 1890. The van der Waals surface area contributed by atoms with Crippen molar-refractivity contribution in [2.75, 3.05) is 4.90 Å². The van der Waals surface area contributed by atoms with Gasteiger partial charge in [-0.25, -0.2) is 19.9 Å². The second kappa shape index (κ2) is 9.65. The topological polar surface area (TPSA) is 54.8 Å². The number of aromatic nitrogens is 4. The molecule has 0 amide bonds. The largest absolute Gasteiger partial charge is 0.318 e. The van der Waals surface area contributed by atoms with Crippen LogP contribution in [0, 0.1) is 0 Å². The number of rotatable bonds is 4. The predicted molar refractivity (Wildman–Crippen MR) is 165 cm³/mol. The maximum atomic E-state index is 4.98. The Kier molecular flexibility index (Phi) is 5.52. The van der Waals surface area contributed by atoms with Gasteiger partial charge in [0, 0.05) is 34.5 Å². The Hall–Kier alpha value is -5.42. The van der Waals surface area contributed by atoms with Crippen LogP contribution in [0.4, 0.5) is 11.5 Å². The molecule has 6 aromatic rings. The average molecular weight is 528 g/mol. The molecule has 5 nitrogen and oxygen atoms in total. The molecule has 1 aliphatic carbocycles. The first-order valence-corrected chi connectivity index (χ1v) is 13.8. The first kappa shape index (κ1) is 23.5. The number of allylic oxidation sites excluding steroid dienone is 2. The fourth-order valence-corrected chi connectivity index (χ4v) is 5.99. The molecular formula is C36H25N5. The molecule has 0 N–H and O–H groups in total. The highest BCUT2D eigenvalue weighted by Gasteiger charge is 2.39. The second-order valence-electron chi connectivity index (χ2n) is 10.3. The van der Waals surface area contributed by atoms with Crippen LogP contribution >= 0.6 is 0 Å². The molecule has 0 saturated heterocycles. The molecule has 8 rings (SSSR count). The Balaban J connectivity index is 1.22. The quantitative estimate of drug-likeness (QED) is 0.232. The van der Waals surface area contributed by atoms with Crippen molar-refractivity contribution in [3.8, 4) is 34.2 Å². The number of hydrogen-bond acceptors (Lipinski definition) is 5. The summed E-state index contributed by atoms with van der Waals surface area (Å²) in [4.78, 5) is 21.9. The summed E-state index contributed by atoms with van der Waals surface area (Å²) in [6.45, 7) is 0. The van der Waals surface area contributed by atoms with E-state index >= 15 is 0 Å². The second-order valence-corrected chi connectivity index (χ2v) is 10.3. The molecule has 0 fully saturated rings. The minimum absolute atomic E-state index is 0.172. The molecule has 1 aliphatic heterocycles. The fourth-order valence-electron chi connectivity index (χ4n) is 5.99. The lowest BCUT2D eigenvalue weighted by Gasteiger charge is -2.27. The van der Waals surface area contributed by atoms with Crippen molar-refractivity contribution in [1.29, 1.82) is 0 Å². The van der Waals surface area contributed by atoms with E-state index in [0.717, 1.165) is 22.5 Å². The van der Waals surface area contributed by atoms with Crippen molar-refractivity contribution in [3.63, 3.8) is 0 Å². The Morgan fingerprint density at radius 2 is 1.17 bits per heavy atom. The zero-order valence-electron chi connectivity index (χ0n) is 22.2. The molecule has 194 valence electrons. The first-order valence-electron chi connectivity index (χ1n) is 13.8. The minimum Gasteiger partial charge on any atom is -0.318 e. The third-order valence-corrected chi connectivity index (χ3v) is 7.90. The summed E-state index contributed by atoms with van der Waals surface area (Å²) in [5.74, 6) is 3.05. The molecule has 0 spiro atoms. The van der Waals surface area contributed by atoms with Gasteiger partial charge in [-0.2, -0.15) is 0 Å². The third-order valence-electron chi connectivity index (χ3n) is 7.90. The fraction of sp³-hybridized carbons (Fsp3) is 0.0556. The normalized spacial score (nSPS) is 17.0. The summed E-state index contributed by atoms with van der Waals surface area (Å²) >= 11 is 0. The highest BCUT2D eigenvalue weighted by Crippen LogP contribution is 2.49. The predicted octanol–water partition coefficient (Wildman–Crippen LogP) is 8.15. The SMILES string of the molecule is C1=CC2c3c(ccc4ccccc34)N(c3ccc(-c4nc(-c5ccccc5)nc(-c5ccccc5)n4)cn3)C2C=C1. The standard InChI is InChI=1S/C36H25N5/c1-3-12-25(13-4-1)34-38-35(26-14-5-2-6-15-26)40-36(39-34)27-20-22-32(37-23-27)41-30-18-10-9-17-29(30)33-28-16-8-7-11-24(28)19-21-31(33)41/h1-23,29-30H. The third kappa shape index (κ3) is 4.02. The van der Waals surface area contributed by atoms with Crippen LogP contribution in [0.5, 0.6) is 0 Å². The van der Waals surface area contributed by atoms with E-state index in [1.54, 1.807) is 0 Å². The summed E-state index contributed by atoms with van der Waals surface area (Å²) in [5, 5.41) is 2.56. The van der Waals surface area contributed by atoms with Crippen molar-refractivity contribution in [1.82, 2.24) is 19.9 Å². The molecule has 0 radical (unpaired) electrons. The van der Waals surface area contributed by atoms with Crippen LogP contribution in [-0.2, 0) is 0 Å². The molecule has 2 aromatic heterocycles. The zero-order valence-corrected chi connectivity index (χ0v) is 22.2. The first-order chi connectivity index (χ1) is 20.3. The molecular weight excluding hydrogens is 502 g/mol. The zero-order chi connectivity index (χ0) is 27.2. The van der Waals surface area contributed by atoms with Gasteiger partial charge in [0.25, 0.3) is 0 Å². The van der Waals surface area contributed by atoms with Gasteiger partial charge in [-0.05, 0) is 34.5 Å². The van der Waals surface area contributed by atoms with Crippen molar-refractivity contribution in [3.05, 3.63) is 145 Å². The van der Waals surface area contributed by atoms with E-state index < -0.39 is 0 Å². The van der Waals surface area contributed by atoms with Gasteiger partial charge in [-0.15, -0.1) is 0 Å². The van der Waals surface area contributed by atoms with Gasteiger partial charge in [-0.3, -0.25) is 0 Å². The van der Waals surface area contributed by atoms with Crippen LogP contribution in [0.3, 0.4) is 0 Å². The molecule has 0 bridgehead atoms. The van der Waals surface area contributed by atoms with Crippen LogP contribution in [0.2, 0.25) is 0 Å². The number of pyridine rings is 1. The number of nitrogens with zero attached hydrogens (tertiary/aromatic N) is 5. The molecule has 5 heteroatoms. The van der Waals surface area contributed by atoms with Crippen molar-refractivity contribution in [2.24, 2.45) is 0 Å². The van der Waals surface area contributed by atoms with E-state index in [-0.39, 0.29) is 12.0 Å². The summed E-state index contributed by atoms with van der Waals surface area (Å²) in [7, 11) is 0. The number of anilines is 2. The van der Waals surface area contributed by atoms with Crippen LogP contribution < -0.4 is 4.90 Å². The number of hydrogen-bond donors (Lipinski definition) is 0. The molecule has 2 unspecified atom stereocenters. The van der Waals surface area contributed by atoms with Crippen LogP contribution in [0.15, 0.2) is 140 Å². The molecule has 2 atom stereocenters. The smallest absolute Gasteiger partial charge is 0.165 e. The van der Waals surface area contributed by atoms with Gasteiger partial charge in [-0.1, -0.05) is 115 Å². The van der Waals surface area contributed by atoms with Crippen molar-refractivity contribution < 1.29 is 0 Å². The molecule has 3 heterocycles. The van der Waals surface area contributed by atoms with Gasteiger partial charge < -0.3 is 4.90 Å². The van der Waals surface area contributed by atoms with Crippen LogP contribution in [0.1, 0.15) is 11.5 Å². The van der Waals surface area contributed by atoms with Crippen molar-refractivity contribution in [2.45, 2.75) is 12.0 Å². The lowest BCUT2D eigenvalue weighted by atomic mass is 9.88. The van der Waals surface area contributed by atoms with E-state index in [4.69, 9.17) is 19.9 Å². The van der Waals surface area contributed by atoms with E-state index in [2.05, 4.69) is 77.7 Å². The molecule has 2 aliphatic rings. The minimum atomic E-state index is 0.172. The monoisotopic (exact) mass is 527 g/mol. The summed E-state index contributed by atoms with van der Waals surface area (Å²) in [6.07, 6.45) is 10.8. The van der Waals surface area contributed by atoms with Gasteiger partial charge in [0.15, 0.2) is 17.5 Å². The lowest BCUT2D eigenvalue weighted by molar-refractivity contribution is 0.740. The van der Waals surface area contributed by atoms with E-state index in [1.807, 2.05) is 66.9 Å². The van der Waals surface area contributed by atoms with E-state index in [0.29, 0.717) is 17.5 Å². The maximum absolute atomic E-state index is 4.98. The maximum Gasteiger partial charge on any atom is 0.165 e. The van der Waals surface area contributed by atoms with Gasteiger partial charge in [0.05, 0.1) is 6.04 Å². The molecule has 0 saturated carbocycles. The molecule has 41 heavy (non-hydrogen) atoms. The Morgan fingerprint density at radius 3 is 1.85 bits per heavy atom.